The molecule has 1 atom stereocenters. The van der Waals surface area contributed by atoms with E-state index in [1.165, 1.54) is 16.9 Å². The van der Waals surface area contributed by atoms with E-state index in [4.69, 9.17) is 0 Å². The molecule has 5 nitrogen and oxygen atoms in total. The van der Waals surface area contributed by atoms with Crippen LogP contribution in [0.1, 0.15) is 24.6 Å². The van der Waals surface area contributed by atoms with Crippen LogP contribution in [0, 0.1) is 0 Å². The number of hydrogen-bond acceptors (Lipinski definition) is 5. The van der Waals surface area contributed by atoms with E-state index in [1.54, 1.807) is 0 Å². The molecule has 1 aliphatic rings. The van der Waals surface area contributed by atoms with Crippen LogP contribution < -0.4 is 5.32 Å². The second-order valence-corrected chi connectivity index (χ2v) is 9.13. The maximum atomic E-state index is 12.1. The lowest BCUT2D eigenvalue weighted by Crippen LogP contribution is -2.36. The molecular formula is C17H20N2O3S2. The molecule has 1 aromatic carbocycles. The molecule has 0 saturated carbocycles. The van der Waals surface area contributed by atoms with Gasteiger partial charge < -0.3 is 5.32 Å². The van der Waals surface area contributed by atoms with E-state index < -0.39 is 9.84 Å². The summed E-state index contributed by atoms with van der Waals surface area (Å²) in [5.74, 6) is 0.0347. The Balaban J connectivity index is 1.60. The number of carbonyl (C=O) groups is 1. The predicted octanol–water partition coefficient (Wildman–Crippen LogP) is 2.22. The van der Waals surface area contributed by atoms with Crippen molar-refractivity contribution in [3.8, 4) is 10.6 Å². The summed E-state index contributed by atoms with van der Waals surface area (Å²) in [7, 11) is -2.98. The second kappa shape index (κ2) is 7.03. The maximum absolute atomic E-state index is 12.1. The summed E-state index contributed by atoms with van der Waals surface area (Å²) in [5.41, 5.74) is 3.04. The van der Waals surface area contributed by atoms with Crippen molar-refractivity contribution >= 4 is 27.1 Å². The lowest BCUT2D eigenvalue weighted by atomic mass is 10.1. The third kappa shape index (κ3) is 4.21. The summed E-state index contributed by atoms with van der Waals surface area (Å²) in [6, 6.07) is 8.01. The first-order chi connectivity index (χ1) is 11.4. The minimum Gasteiger partial charge on any atom is -0.352 e. The SMILES string of the molecule is CCc1ccc(-c2nc(CC(=O)NC3CCS(=O)(=O)C3)cs2)cc1. The van der Waals surface area contributed by atoms with Crippen LogP contribution in [0.2, 0.25) is 0 Å². The number of aryl methyl sites for hydroxylation is 1. The van der Waals surface area contributed by atoms with Gasteiger partial charge in [0.2, 0.25) is 5.91 Å². The fourth-order valence-electron chi connectivity index (χ4n) is 2.76. The van der Waals surface area contributed by atoms with E-state index in [0.29, 0.717) is 12.1 Å². The van der Waals surface area contributed by atoms with Crippen LogP contribution in [-0.4, -0.2) is 36.9 Å². The van der Waals surface area contributed by atoms with Crippen LogP contribution in [0.4, 0.5) is 0 Å². The number of amides is 1. The molecule has 1 aromatic heterocycles. The smallest absolute Gasteiger partial charge is 0.226 e. The summed E-state index contributed by atoms with van der Waals surface area (Å²) >= 11 is 1.51. The quantitative estimate of drug-likeness (QED) is 0.883. The lowest BCUT2D eigenvalue weighted by molar-refractivity contribution is -0.121. The first-order valence-electron chi connectivity index (χ1n) is 7.98. The summed E-state index contributed by atoms with van der Waals surface area (Å²) in [6.45, 7) is 2.12. The third-order valence-electron chi connectivity index (χ3n) is 4.10. The minimum atomic E-state index is -2.98. The average molecular weight is 364 g/mol. The third-order valence-corrected chi connectivity index (χ3v) is 6.81. The van der Waals surface area contributed by atoms with Crippen molar-refractivity contribution in [1.29, 1.82) is 0 Å². The number of aromatic nitrogens is 1. The first kappa shape index (κ1) is 17.1. The number of rotatable bonds is 5. The van der Waals surface area contributed by atoms with E-state index in [0.717, 1.165) is 17.0 Å². The van der Waals surface area contributed by atoms with Crippen LogP contribution in [0.5, 0.6) is 0 Å². The van der Waals surface area contributed by atoms with Crippen molar-refractivity contribution < 1.29 is 13.2 Å². The fourth-order valence-corrected chi connectivity index (χ4v) is 5.26. The van der Waals surface area contributed by atoms with Crippen molar-refractivity contribution in [3.63, 3.8) is 0 Å². The zero-order chi connectivity index (χ0) is 17.2. The molecule has 1 unspecified atom stereocenters. The largest absolute Gasteiger partial charge is 0.352 e. The highest BCUT2D eigenvalue weighted by molar-refractivity contribution is 7.91. The van der Waals surface area contributed by atoms with Gasteiger partial charge in [0.15, 0.2) is 9.84 Å². The van der Waals surface area contributed by atoms with Crippen LogP contribution in [-0.2, 0) is 27.5 Å². The summed E-state index contributed by atoms with van der Waals surface area (Å²) in [4.78, 5) is 16.6. The van der Waals surface area contributed by atoms with Crippen LogP contribution in [0.25, 0.3) is 10.6 Å². The highest BCUT2D eigenvalue weighted by Gasteiger charge is 2.28. The molecule has 0 radical (unpaired) electrons. The topological polar surface area (TPSA) is 76.1 Å². The van der Waals surface area contributed by atoms with Crippen molar-refractivity contribution in [1.82, 2.24) is 10.3 Å². The fraction of sp³-hybridized carbons (Fsp3) is 0.412. The standard InChI is InChI=1S/C17H20N2O3S2/c1-2-12-3-5-13(6-4-12)17-19-15(10-23-17)9-16(20)18-14-7-8-24(21,22)11-14/h3-6,10,14H,2,7-9,11H2,1H3,(H,18,20). The molecule has 0 aliphatic carbocycles. The van der Waals surface area contributed by atoms with E-state index in [9.17, 15) is 13.2 Å². The molecule has 1 amide bonds. The predicted molar refractivity (Wildman–Crippen MR) is 95.8 cm³/mol. The number of benzene rings is 1. The lowest BCUT2D eigenvalue weighted by Gasteiger charge is -2.09. The molecule has 2 heterocycles. The Bertz CT molecular complexity index is 826. The normalized spacial score (nSPS) is 19.3. The van der Waals surface area contributed by atoms with Crippen LogP contribution >= 0.6 is 11.3 Å². The monoisotopic (exact) mass is 364 g/mol. The molecule has 0 spiro atoms. The highest BCUT2D eigenvalue weighted by atomic mass is 32.2. The van der Waals surface area contributed by atoms with Gasteiger partial charge in [-0.05, 0) is 18.4 Å². The minimum absolute atomic E-state index is 0.0465. The van der Waals surface area contributed by atoms with Gasteiger partial charge in [-0.15, -0.1) is 11.3 Å². The zero-order valence-corrected chi connectivity index (χ0v) is 15.1. The molecule has 1 N–H and O–H groups in total. The van der Waals surface area contributed by atoms with Gasteiger partial charge in [0.05, 0.1) is 23.6 Å². The number of carbonyl (C=O) groups excluding carboxylic acids is 1. The van der Waals surface area contributed by atoms with Crippen LogP contribution in [0.3, 0.4) is 0 Å². The zero-order valence-electron chi connectivity index (χ0n) is 13.5. The number of hydrogen-bond donors (Lipinski definition) is 1. The number of nitrogens with one attached hydrogen (secondary N) is 1. The van der Waals surface area contributed by atoms with Gasteiger partial charge in [0.25, 0.3) is 0 Å². The molecule has 1 aliphatic heterocycles. The van der Waals surface area contributed by atoms with Crippen molar-refractivity contribution in [2.75, 3.05) is 11.5 Å². The molecule has 3 rings (SSSR count). The van der Waals surface area contributed by atoms with E-state index in [-0.39, 0.29) is 29.9 Å². The first-order valence-corrected chi connectivity index (χ1v) is 10.7. The van der Waals surface area contributed by atoms with Gasteiger partial charge >= 0.3 is 0 Å². The molecule has 0 bridgehead atoms. The van der Waals surface area contributed by atoms with Crippen LogP contribution in [0.15, 0.2) is 29.6 Å². The van der Waals surface area contributed by atoms with Crippen molar-refractivity contribution in [3.05, 3.63) is 40.9 Å². The van der Waals surface area contributed by atoms with Gasteiger partial charge in [0.1, 0.15) is 5.01 Å². The van der Waals surface area contributed by atoms with E-state index >= 15 is 0 Å². The highest BCUT2D eigenvalue weighted by Crippen LogP contribution is 2.24. The van der Waals surface area contributed by atoms with Gasteiger partial charge in [-0.2, -0.15) is 0 Å². The van der Waals surface area contributed by atoms with Crippen molar-refractivity contribution in [2.45, 2.75) is 32.2 Å². The Kier molecular flexibility index (Phi) is 5.01. The molecule has 128 valence electrons. The van der Waals surface area contributed by atoms with Crippen molar-refractivity contribution in [2.24, 2.45) is 0 Å². The maximum Gasteiger partial charge on any atom is 0.226 e. The van der Waals surface area contributed by atoms with E-state index in [1.807, 2.05) is 17.5 Å². The number of sulfone groups is 1. The molecule has 24 heavy (non-hydrogen) atoms. The number of nitrogens with zero attached hydrogens (tertiary/aromatic N) is 1. The average Bonchev–Trinajstić information content (AvgIpc) is 3.14. The Labute approximate surface area is 146 Å². The number of thiazole rings is 1. The molecular weight excluding hydrogens is 344 g/mol. The van der Waals surface area contributed by atoms with E-state index in [2.05, 4.69) is 29.4 Å². The molecule has 2 aromatic rings. The van der Waals surface area contributed by atoms with Gasteiger partial charge in [-0.3, -0.25) is 4.79 Å². The summed E-state index contributed by atoms with van der Waals surface area (Å²) < 4.78 is 22.8. The van der Waals surface area contributed by atoms with Gasteiger partial charge in [-0.25, -0.2) is 13.4 Å². The molecule has 1 fully saturated rings. The second-order valence-electron chi connectivity index (χ2n) is 6.04. The summed E-state index contributed by atoms with van der Waals surface area (Å²) in [5, 5.41) is 5.57. The molecule has 1 saturated heterocycles. The Morgan fingerprint density at radius 2 is 2.08 bits per heavy atom. The Hall–Kier alpha value is -1.73. The summed E-state index contributed by atoms with van der Waals surface area (Å²) in [6.07, 6.45) is 1.68. The Morgan fingerprint density at radius 1 is 1.33 bits per heavy atom. The Morgan fingerprint density at radius 3 is 2.71 bits per heavy atom. The molecule has 7 heteroatoms. The van der Waals surface area contributed by atoms with Gasteiger partial charge in [0, 0.05) is 17.0 Å². The van der Waals surface area contributed by atoms with Gasteiger partial charge in [-0.1, -0.05) is 31.2 Å².